The van der Waals surface area contributed by atoms with Gasteiger partial charge in [0.2, 0.25) is 0 Å². The third kappa shape index (κ3) is 1.58. The molecule has 16 heavy (non-hydrogen) atoms. The van der Waals surface area contributed by atoms with E-state index >= 15 is 0 Å². The summed E-state index contributed by atoms with van der Waals surface area (Å²) in [4.78, 5) is 4.26. The van der Waals surface area contributed by atoms with Crippen LogP contribution in [0.5, 0.6) is 0 Å². The van der Waals surface area contributed by atoms with E-state index in [1.807, 2.05) is 0 Å². The average Bonchev–Trinajstić information content (AvgIpc) is 3.01. The summed E-state index contributed by atoms with van der Waals surface area (Å²) in [5.41, 5.74) is 0.488. The van der Waals surface area contributed by atoms with Gasteiger partial charge in [0.25, 0.3) is 0 Å². The van der Waals surface area contributed by atoms with Crippen LogP contribution in [-0.4, -0.2) is 15.2 Å². The summed E-state index contributed by atoms with van der Waals surface area (Å²) >= 11 is 0. The molecule has 1 aromatic carbocycles. The molecule has 1 heterocycles. The van der Waals surface area contributed by atoms with Crippen LogP contribution in [0.1, 0.15) is 24.6 Å². The topological polar surface area (TPSA) is 41.6 Å². The third-order valence-electron chi connectivity index (χ3n) is 2.64. The Morgan fingerprint density at radius 1 is 1.19 bits per heavy atom. The lowest BCUT2D eigenvalue weighted by Gasteiger charge is -1.96. The molecule has 82 valence electrons. The van der Waals surface area contributed by atoms with E-state index in [1.54, 1.807) is 0 Å². The highest BCUT2D eigenvalue weighted by molar-refractivity contribution is 5.54. The fraction of sp³-hybridized carbons (Fsp3) is 0.273. The molecule has 1 aliphatic rings. The molecule has 0 unspecified atom stereocenters. The SMILES string of the molecule is Fc1ccc(-c2n[nH]c(C3CC3)n2)cc1F. The lowest BCUT2D eigenvalue weighted by atomic mass is 10.2. The minimum absolute atomic E-state index is 0.417. The predicted molar refractivity (Wildman–Crippen MR) is 53.7 cm³/mol. The first-order valence-electron chi connectivity index (χ1n) is 5.12. The second-order valence-electron chi connectivity index (χ2n) is 3.95. The van der Waals surface area contributed by atoms with Crippen molar-refractivity contribution in [3.8, 4) is 11.4 Å². The highest BCUT2D eigenvalue weighted by atomic mass is 19.2. The summed E-state index contributed by atoms with van der Waals surface area (Å²) in [6, 6.07) is 3.66. The van der Waals surface area contributed by atoms with Gasteiger partial charge in [-0.1, -0.05) is 0 Å². The first-order valence-corrected chi connectivity index (χ1v) is 5.12. The van der Waals surface area contributed by atoms with Crippen LogP contribution in [-0.2, 0) is 0 Å². The number of hydrogen-bond donors (Lipinski definition) is 1. The molecule has 2 aromatic rings. The van der Waals surface area contributed by atoms with E-state index < -0.39 is 11.6 Å². The van der Waals surface area contributed by atoms with Gasteiger partial charge >= 0.3 is 0 Å². The standard InChI is InChI=1S/C11H9F2N3/c12-8-4-3-7(5-9(8)13)11-14-10(15-16-11)6-1-2-6/h3-6H,1-2H2,(H,14,15,16). The van der Waals surface area contributed by atoms with Gasteiger partial charge in [-0.25, -0.2) is 13.8 Å². The van der Waals surface area contributed by atoms with Crippen LogP contribution in [0.2, 0.25) is 0 Å². The van der Waals surface area contributed by atoms with Crippen molar-refractivity contribution >= 4 is 0 Å². The van der Waals surface area contributed by atoms with Gasteiger partial charge in [0.05, 0.1) is 0 Å². The predicted octanol–water partition coefficient (Wildman–Crippen LogP) is 2.63. The smallest absolute Gasteiger partial charge is 0.181 e. The number of nitrogens with zero attached hydrogens (tertiary/aromatic N) is 2. The summed E-state index contributed by atoms with van der Waals surface area (Å²) in [5, 5.41) is 6.82. The summed E-state index contributed by atoms with van der Waals surface area (Å²) in [6.45, 7) is 0. The van der Waals surface area contributed by atoms with Crippen molar-refractivity contribution in [2.24, 2.45) is 0 Å². The highest BCUT2D eigenvalue weighted by Gasteiger charge is 2.27. The first kappa shape index (κ1) is 9.45. The van der Waals surface area contributed by atoms with Crippen molar-refractivity contribution in [1.82, 2.24) is 15.2 Å². The maximum atomic E-state index is 13.0. The molecule has 0 spiro atoms. The molecule has 0 saturated heterocycles. The number of rotatable bonds is 2. The number of aromatic amines is 1. The molecule has 1 aliphatic carbocycles. The third-order valence-corrected chi connectivity index (χ3v) is 2.64. The second-order valence-corrected chi connectivity index (χ2v) is 3.95. The first-order chi connectivity index (χ1) is 7.74. The fourth-order valence-corrected chi connectivity index (χ4v) is 1.58. The Balaban J connectivity index is 1.97. The Kier molecular flexibility index (Phi) is 1.99. The maximum absolute atomic E-state index is 13.0. The van der Waals surface area contributed by atoms with E-state index in [4.69, 9.17) is 0 Å². The number of halogens is 2. The Morgan fingerprint density at radius 3 is 2.69 bits per heavy atom. The summed E-state index contributed by atoms with van der Waals surface area (Å²) in [6.07, 6.45) is 2.23. The number of hydrogen-bond acceptors (Lipinski definition) is 2. The number of aromatic nitrogens is 3. The van der Waals surface area contributed by atoms with E-state index in [0.29, 0.717) is 17.3 Å². The van der Waals surface area contributed by atoms with Crippen LogP contribution in [0.4, 0.5) is 8.78 Å². The average molecular weight is 221 g/mol. The van der Waals surface area contributed by atoms with Gasteiger partial charge in [0.1, 0.15) is 5.82 Å². The molecule has 3 rings (SSSR count). The Bertz CT molecular complexity index is 532. The van der Waals surface area contributed by atoms with E-state index in [-0.39, 0.29) is 0 Å². The molecule has 1 aromatic heterocycles. The molecule has 1 saturated carbocycles. The van der Waals surface area contributed by atoms with E-state index in [1.165, 1.54) is 6.07 Å². The number of benzene rings is 1. The fourth-order valence-electron chi connectivity index (χ4n) is 1.58. The lowest BCUT2D eigenvalue weighted by Crippen LogP contribution is -1.87. The van der Waals surface area contributed by atoms with Crippen molar-refractivity contribution in [3.05, 3.63) is 35.7 Å². The minimum Gasteiger partial charge on any atom is -0.262 e. The van der Waals surface area contributed by atoms with Crippen molar-refractivity contribution in [1.29, 1.82) is 0 Å². The Morgan fingerprint density at radius 2 is 2.00 bits per heavy atom. The van der Waals surface area contributed by atoms with Gasteiger partial charge in [0, 0.05) is 11.5 Å². The van der Waals surface area contributed by atoms with Crippen molar-refractivity contribution in [2.45, 2.75) is 18.8 Å². The molecule has 5 heteroatoms. The van der Waals surface area contributed by atoms with Crippen LogP contribution < -0.4 is 0 Å². The zero-order valence-electron chi connectivity index (χ0n) is 8.37. The molecular weight excluding hydrogens is 212 g/mol. The van der Waals surface area contributed by atoms with Gasteiger partial charge < -0.3 is 0 Å². The molecule has 0 radical (unpaired) electrons. The van der Waals surface area contributed by atoms with Crippen LogP contribution in [0.15, 0.2) is 18.2 Å². The molecule has 0 atom stereocenters. The van der Waals surface area contributed by atoms with E-state index in [0.717, 1.165) is 30.8 Å². The molecule has 1 fully saturated rings. The monoisotopic (exact) mass is 221 g/mol. The van der Waals surface area contributed by atoms with Crippen LogP contribution >= 0.6 is 0 Å². The van der Waals surface area contributed by atoms with Crippen LogP contribution in [0.3, 0.4) is 0 Å². The number of nitrogens with one attached hydrogen (secondary N) is 1. The van der Waals surface area contributed by atoms with Crippen LogP contribution in [0.25, 0.3) is 11.4 Å². The summed E-state index contributed by atoms with van der Waals surface area (Å²) < 4.78 is 25.7. The molecule has 1 N–H and O–H groups in total. The van der Waals surface area contributed by atoms with Crippen molar-refractivity contribution < 1.29 is 8.78 Å². The van der Waals surface area contributed by atoms with Crippen molar-refractivity contribution in [3.63, 3.8) is 0 Å². The normalized spacial score (nSPS) is 15.4. The maximum Gasteiger partial charge on any atom is 0.181 e. The minimum atomic E-state index is -0.879. The zero-order valence-corrected chi connectivity index (χ0v) is 8.37. The zero-order chi connectivity index (χ0) is 11.1. The largest absolute Gasteiger partial charge is 0.262 e. The summed E-state index contributed by atoms with van der Waals surface area (Å²) in [7, 11) is 0. The number of H-pyrrole nitrogens is 1. The molecule has 0 aliphatic heterocycles. The van der Waals surface area contributed by atoms with Gasteiger partial charge in [-0.2, -0.15) is 5.10 Å². The van der Waals surface area contributed by atoms with Crippen molar-refractivity contribution in [2.75, 3.05) is 0 Å². The van der Waals surface area contributed by atoms with Gasteiger partial charge in [-0.3, -0.25) is 5.10 Å². The van der Waals surface area contributed by atoms with Crippen LogP contribution in [0, 0.1) is 11.6 Å². The Labute approximate surface area is 90.5 Å². The van der Waals surface area contributed by atoms with Gasteiger partial charge in [-0.15, -0.1) is 0 Å². The summed E-state index contributed by atoms with van der Waals surface area (Å²) in [5.74, 6) is -0.0240. The second kappa shape index (κ2) is 3.37. The van der Waals surface area contributed by atoms with Gasteiger partial charge in [0.15, 0.2) is 17.5 Å². The Hall–Kier alpha value is -1.78. The lowest BCUT2D eigenvalue weighted by molar-refractivity contribution is 0.509. The quantitative estimate of drug-likeness (QED) is 0.846. The molecular formula is C11H9F2N3. The van der Waals surface area contributed by atoms with E-state index in [9.17, 15) is 8.78 Å². The molecule has 0 amide bonds. The highest BCUT2D eigenvalue weighted by Crippen LogP contribution is 2.38. The molecule has 0 bridgehead atoms. The molecule has 3 nitrogen and oxygen atoms in total. The van der Waals surface area contributed by atoms with E-state index in [2.05, 4.69) is 15.2 Å². The van der Waals surface area contributed by atoms with Gasteiger partial charge in [-0.05, 0) is 31.0 Å².